The van der Waals surface area contributed by atoms with Gasteiger partial charge < -0.3 is 25.8 Å². The minimum atomic E-state index is -1.06. The first-order valence-electron chi connectivity index (χ1n) is 17.8. The molecule has 280 valence electrons. The van der Waals surface area contributed by atoms with Crippen LogP contribution in [0.3, 0.4) is 0 Å². The van der Waals surface area contributed by atoms with Gasteiger partial charge in [0, 0.05) is 87.0 Å². The molecule has 1 unspecified atom stereocenters. The number of amides is 7. The van der Waals surface area contributed by atoms with Gasteiger partial charge in [0.15, 0.2) is 0 Å². The summed E-state index contributed by atoms with van der Waals surface area (Å²) in [6.45, 7) is 7.03. The lowest BCUT2D eigenvalue weighted by molar-refractivity contribution is -0.136. The highest BCUT2D eigenvalue weighted by atomic mass is 19.1. The maximum Gasteiger partial charge on any atom is 0.264 e. The number of aromatic nitrogens is 1. The number of imide groups is 2. The Labute approximate surface area is 309 Å². The number of aryl methyl sites for hydroxylation is 1. The standard InChI is InChI=1S/C38H39FN8O7/c1-20-28(19-25-24-18-22(39)6-7-26(24)43-34(25)50)42-21(2)32(20)36(52)41-12-13-45-14-16-46(17-15-45)31(49)10-11-40-27-5-3-4-23-33(27)38(54)47(37(23)53)29-8-9-30(48)44-35(29)51/h3-7,18-19,29,40,42H,8-17H2,1-2H3,(H,41,52)(H,43,50)(H,44,48,51)/b25-19-. The number of H-pyrrole nitrogens is 1. The van der Waals surface area contributed by atoms with E-state index in [1.165, 1.54) is 24.3 Å². The highest BCUT2D eigenvalue weighted by Crippen LogP contribution is 2.35. The molecule has 2 aromatic carbocycles. The van der Waals surface area contributed by atoms with Crippen LogP contribution in [-0.4, -0.2) is 113 Å². The second-order valence-corrected chi connectivity index (χ2v) is 13.7. The van der Waals surface area contributed by atoms with E-state index in [0.29, 0.717) is 84.3 Å². The van der Waals surface area contributed by atoms with Crippen molar-refractivity contribution >= 4 is 64.4 Å². The van der Waals surface area contributed by atoms with Gasteiger partial charge in [0.25, 0.3) is 23.6 Å². The van der Waals surface area contributed by atoms with Gasteiger partial charge in [-0.05, 0) is 62.2 Å². The maximum absolute atomic E-state index is 13.9. The average molecular weight is 739 g/mol. The zero-order chi connectivity index (χ0) is 38.3. The van der Waals surface area contributed by atoms with Crippen molar-refractivity contribution in [2.75, 3.05) is 56.4 Å². The number of aromatic amines is 1. The van der Waals surface area contributed by atoms with Crippen LogP contribution < -0.4 is 21.3 Å². The molecule has 15 nitrogen and oxygen atoms in total. The number of halogens is 1. The van der Waals surface area contributed by atoms with Gasteiger partial charge in [-0.2, -0.15) is 0 Å². The van der Waals surface area contributed by atoms with Crippen molar-refractivity contribution in [2.45, 2.75) is 39.2 Å². The minimum absolute atomic E-state index is 0.0295. The fourth-order valence-electron chi connectivity index (χ4n) is 7.47. The Hall–Kier alpha value is -6.16. The van der Waals surface area contributed by atoms with Gasteiger partial charge >= 0.3 is 0 Å². The predicted octanol–water partition coefficient (Wildman–Crippen LogP) is 2.04. The van der Waals surface area contributed by atoms with Crippen molar-refractivity contribution in [1.29, 1.82) is 0 Å². The highest BCUT2D eigenvalue weighted by Gasteiger charge is 2.45. The second kappa shape index (κ2) is 14.7. The summed E-state index contributed by atoms with van der Waals surface area (Å²) >= 11 is 0. The first kappa shape index (κ1) is 36.2. The van der Waals surface area contributed by atoms with Crippen LogP contribution in [0.5, 0.6) is 0 Å². The molecule has 7 rings (SSSR count). The fourth-order valence-corrected chi connectivity index (χ4v) is 7.47. The van der Waals surface area contributed by atoms with E-state index in [0.717, 1.165) is 4.90 Å². The Morgan fingerprint density at radius 2 is 1.72 bits per heavy atom. The molecule has 5 heterocycles. The van der Waals surface area contributed by atoms with E-state index in [4.69, 9.17) is 0 Å². The second-order valence-electron chi connectivity index (χ2n) is 13.7. The van der Waals surface area contributed by atoms with Gasteiger partial charge in [0.1, 0.15) is 11.9 Å². The minimum Gasteiger partial charge on any atom is -0.384 e. The van der Waals surface area contributed by atoms with Gasteiger partial charge in [-0.3, -0.25) is 48.7 Å². The van der Waals surface area contributed by atoms with Crippen LogP contribution in [0.25, 0.3) is 11.6 Å². The molecule has 1 atom stereocenters. The molecule has 0 spiro atoms. The number of piperazine rings is 1. The smallest absolute Gasteiger partial charge is 0.264 e. The number of piperidine rings is 1. The molecule has 0 radical (unpaired) electrons. The van der Waals surface area contributed by atoms with Crippen molar-refractivity contribution in [1.82, 2.24) is 30.3 Å². The van der Waals surface area contributed by atoms with E-state index < -0.39 is 35.5 Å². The number of nitrogens with one attached hydrogen (secondary N) is 5. The quantitative estimate of drug-likeness (QED) is 0.153. The molecule has 54 heavy (non-hydrogen) atoms. The monoisotopic (exact) mass is 738 g/mol. The fraction of sp³-hybridized carbons (Fsp3) is 0.342. The molecule has 7 amide bonds. The summed E-state index contributed by atoms with van der Waals surface area (Å²) in [7, 11) is 0. The average Bonchev–Trinajstić information content (AvgIpc) is 3.71. The SMILES string of the molecule is Cc1[nH]c(/C=C2\C(=O)Nc3ccc(F)cc32)c(C)c1C(=O)NCCN1CCN(C(=O)CCNc2cccc3c2C(=O)N(C2CCC(=O)NC2=O)C3=O)CC1. The van der Waals surface area contributed by atoms with Crippen LogP contribution >= 0.6 is 0 Å². The molecule has 2 fully saturated rings. The Morgan fingerprint density at radius 1 is 0.944 bits per heavy atom. The molecule has 0 saturated carbocycles. The van der Waals surface area contributed by atoms with Crippen LogP contribution in [0.2, 0.25) is 0 Å². The van der Waals surface area contributed by atoms with Crippen LogP contribution in [0, 0.1) is 19.7 Å². The maximum atomic E-state index is 13.9. The summed E-state index contributed by atoms with van der Waals surface area (Å²) in [5, 5.41) is 11.0. The zero-order valence-electron chi connectivity index (χ0n) is 29.8. The van der Waals surface area contributed by atoms with E-state index in [2.05, 4.69) is 31.2 Å². The Bertz CT molecular complexity index is 2150. The molecule has 4 aliphatic rings. The van der Waals surface area contributed by atoms with Crippen molar-refractivity contribution in [3.63, 3.8) is 0 Å². The highest BCUT2D eigenvalue weighted by molar-refractivity contribution is 6.35. The molecule has 2 saturated heterocycles. The number of anilines is 2. The van der Waals surface area contributed by atoms with Gasteiger partial charge in [0.2, 0.25) is 17.7 Å². The van der Waals surface area contributed by atoms with Crippen LogP contribution in [0.4, 0.5) is 15.8 Å². The molecule has 1 aromatic heterocycles. The van der Waals surface area contributed by atoms with Crippen LogP contribution in [0.15, 0.2) is 36.4 Å². The van der Waals surface area contributed by atoms with E-state index in [9.17, 15) is 38.0 Å². The molecular weight excluding hydrogens is 699 g/mol. The molecule has 0 bridgehead atoms. The summed E-state index contributed by atoms with van der Waals surface area (Å²) in [5.41, 5.74) is 4.37. The number of benzene rings is 2. The van der Waals surface area contributed by atoms with Crippen molar-refractivity contribution in [3.05, 3.63) is 81.4 Å². The van der Waals surface area contributed by atoms with Crippen molar-refractivity contribution < 1.29 is 38.0 Å². The van der Waals surface area contributed by atoms with Crippen LogP contribution in [-0.2, 0) is 19.2 Å². The topological polar surface area (TPSA) is 193 Å². The van der Waals surface area contributed by atoms with Crippen LogP contribution in [0.1, 0.15) is 72.9 Å². The number of carbonyl (C=O) groups is 7. The van der Waals surface area contributed by atoms with Crippen molar-refractivity contribution in [3.8, 4) is 0 Å². The van der Waals surface area contributed by atoms with E-state index in [1.54, 1.807) is 37.0 Å². The first-order chi connectivity index (χ1) is 25.9. The third-order valence-corrected chi connectivity index (χ3v) is 10.3. The Balaban J connectivity index is 0.866. The number of hydrogen-bond acceptors (Lipinski definition) is 9. The summed E-state index contributed by atoms with van der Waals surface area (Å²) < 4.78 is 13.9. The molecule has 5 N–H and O–H groups in total. The van der Waals surface area contributed by atoms with Crippen molar-refractivity contribution in [2.24, 2.45) is 0 Å². The van der Waals surface area contributed by atoms with E-state index in [1.807, 2.05) is 0 Å². The number of hydrogen-bond donors (Lipinski definition) is 5. The normalized spacial score (nSPS) is 19.2. The number of rotatable bonds is 10. The molecule has 3 aromatic rings. The molecule has 4 aliphatic heterocycles. The summed E-state index contributed by atoms with van der Waals surface area (Å²) in [6, 6.07) is 7.83. The molecule has 16 heteroatoms. The van der Waals surface area contributed by atoms with E-state index >= 15 is 0 Å². The lowest BCUT2D eigenvalue weighted by atomic mass is 10.0. The Morgan fingerprint density at radius 3 is 2.48 bits per heavy atom. The number of nitrogens with zero attached hydrogens (tertiary/aromatic N) is 3. The number of carbonyl (C=O) groups excluding carboxylic acids is 7. The third-order valence-electron chi connectivity index (χ3n) is 10.3. The summed E-state index contributed by atoms with van der Waals surface area (Å²) in [4.78, 5) is 97.3. The van der Waals surface area contributed by atoms with Gasteiger partial charge in [-0.15, -0.1) is 0 Å². The van der Waals surface area contributed by atoms with Gasteiger partial charge in [-0.1, -0.05) is 6.07 Å². The zero-order valence-corrected chi connectivity index (χ0v) is 29.8. The van der Waals surface area contributed by atoms with Gasteiger partial charge in [-0.25, -0.2) is 4.39 Å². The number of fused-ring (bicyclic) bond motifs is 2. The summed E-state index contributed by atoms with van der Waals surface area (Å²) in [6.07, 6.45) is 1.88. The summed E-state index contributed by atoms with van der Waals surface area (Å²) in [5.74, 6) is -3.46. The third kappa shape index (κ3) is 6.87. The molecule has 0 aliphatic carbocycles. The first-order valence-corrected chi connectivity index (χ1v) is 17.8. The predicted molar refractivity (Wildman–Crippen MR) is 195 cm³/mol. The Kier molecular flexibility index (Phi) is 9.85. The van der Waals surface area contributed by atoms with E-state index in [-0.39, 0.29) is 54.7 Å². The molecular formula is C38H39FN8O7. The lowest BCUT2D eigenvalue weighted by Gasteiger charge is -2.34. The lowest BCUT2D eigenvalue weighted by Crippen LogP contribution is -2.54. The van der Waals surface area contributed by atoms with Gasteiger partial charge in [0.05, 0.1) is 22.3 Å². The largest absolute Gasteiger partial charge is 0.384 e.